The second-order valence-corrected chi connectivity index (χ2v) is 7.30. The molecule has 0 aromatic rings. The summed E-state index contributed by atoms with van der Waals surface area (Å²) in [6.07, 6.45) is 23.7. The van der Waals surface area contributed by atoms with E-state index in [9.17, 15) is 0 Å². The predicted octanol–water partition coefficient (Wildman–Crippen LogP) is 6.83. The van der Waals surface area contributed by atoms with Crippen LogP contribution in [-0.2, 0) is 0 Å². The fourth-order valence-corrected chi connectivity index (χ4v) is 3.30. The van der Waals surface area contributed by atoms with Gasteiger partial charge < -0.3 is 0 Å². The quantitative estimate of drug-likeness (QED) is 0.214. The summed E-state index contributed by atoms with van der Waals surface area (Å²) in [5.74, 6) is 0. The van der Waals surface area contributed by atoms with Crippen molar-refractivity contribution in [1.29, 1.82) is 0 Å². The number of rotatable bonds is 16. The molecule has 0 rings (SSSR count). The summed E-state index contributed by atoms with van der Waals surface area (Å²) < 4.78 is 1.51. The van der Waals surface area contributed by atoms with Gasteiger partial charge in [-0.25, -0.2) is 0 Å². The third kappa shape index (κ3) is 19.0. The van der Waals surface area contributed by atoms with Crippen LogP contribution in [0.15, 0.2) is 0 Å². The Kier molecular flexibility index (Phi) is 20.0. The van der Waals surface area contributed by atoms with E-state index in [1.807, 2.05) is 0 Å². The molecule has 0 bridgehead atoms. The fraction of sp³-hybridized carbons (Fsp3) is 1.00. The van der Waals surface area contributed by atoms with Gasteiger partial charge in [-0.2, -0.15) is 0 Å². The van der Waals surface area contributed by atoms with Gasteiger partial charge in [-0.1, -0.05) is 39.0 Å². The zero-order chi connectivity index (χ0) is 14.0. The zero-order valence-corrected chi connectivity index (χ0v) is 16.0. The van der Waals surface area contributed by atoms with Gasteiger partial charge in [0, 0.05) is 0 Å². The van der Waals surface area contributed by atoms with Crippen LogP contribution in [0.3, 0.4) is 0 Å². The van der Waals surface area contributed by atoms with Crippen LogP contribution in [0, 0.1) is 0 Å². The SMILES string of the molecule is CCCCCCCCCCCCCCCCC[CH2][Na]. The molecule has 0 aliphatic heterocycles. The summed E-state index contributed by atoms with van der Waals surface area (Å²) in [6.45, 7) is 2.30. The van der Waals surface area contributed by atoms with Gasteiger partial charge in [-0.05, 0) is 0 Å². The summed E-state index contributed by atoms with van der Waals surface area (Å²) in [6, 6.07) is 0. The molecular formula is C18H37Na. The van der Waals surface area contributed by atoms with E-state index in [1.54, 1.807) is 0 Å². The minimum atomic E-state index is 1.38. The molecule has 0 saturated heterocycles. The molecule has 0 aromatic carbocycles. The minimum absolute atomic E-state index is 1.38. The van der Waals surface area contributed by atoms with Gasteiger partial charge >= 0.3 is 102 Å². The Morgan fingerprint density at radius 1 is 0.421 bits per heavy atom. The molecule has 0 saturated carbocycles. The summed E-state index contributed by atoms with van der Waals surface area (Å²) >= 11 is 1.41. The number of hydrogen-bond donors (Lipinski definition) is 0. The molecule has 0 amide bonds. The Morgan fingerprint density at radius 3 is 0.947 bits per heavy atom. The maximum absolute atomic E-state index is 2.30. The fourth-order valence-electron chi connectivity index (χ4n) is 2.80. The van der Waals surface area contributed by atoms with Crippen LogP contribution in [0.5, 0.6) is 0 Å². The molecule has 0 nitrogen and oxygen atoms in total. The van der Waals surface area contributed by atoms with Crippen LogP contribution >= 0.6 is 0 Å². The van der Waals surface area contributed by atoms with E-state index in [1.165, 1.54) is 134 Å². The molecule has 0 atom stereocenters. The first-order valence-corrected chi connectivity index (χ1v) is 10.8. The molecule has 0 aromatic heterocycles. The molecule has 0 radical (unpaired) electrons. The Bertz CT molecular complexity index is 129. The van der Waals surface area contributed by atoms with Crippen LogP contribution in [0.1, 0.15) is 110 Å². The Morgan fingerprint density at radius 2 is 0.684 bits per heavy atom. The van der Waals surface area contributed by atoms with Gasteiger partial charge in [0.1, 0.15) is 0 Å². The monoisotopic (exact) mass is 276 g/mol. The molecule has 110 valence electrons. The van der Waals surface area contributed by atoms with Gasteiger partial charge in [0.2, 0.25) is 0 Å². The Labute approximate surface area is 140 Å². The average Bonchev–Trinajstić information content (AvgIpc) is 2.43. The van der Waals surface area contributed by atoms with Gasteiger partial charge in [0.15, 0.2) is 0 Å². The van der Waals surface area contributed by atoms with Crippen LogP contribution in [0.2, 0.25) is 3.67 Å². The molecular weight excluding hydrogens is 239 g/mol. The standard InChI is InChI=1S/C18H37.Na/c1-3-5-7-9-11-13-15-17-18-16-14-12-10-8-6-4-2;/h1,3-18H2,2H3;. The van der Waals surface area contributed by atoms with Gasteiger partial charge in [0.05, 0.1) is 0 Å². The maximum atomic E-state index is 2.30. The molecule has 0 heterocycles. The van der Waals surface area contributed by atoms with Crippen molar-refractivity contribution in [2.75, 3.05) is 0 Å². The van der Waals surface area contributed by atoms with Gasteiger partial charge in [-0.15, -0.1) is 0 Å². The van der Waals surface area contributed by atoms with E-state index in [-0.39, 0.29) is 0 Å². The van der Waals surface area contributed by atoms with Crippen molar-refractivity contribution in [3.05, 3.63) is 0 Å². The second kappa shape index (κ2) is 19.0. The molecule has 0 spiro atoms. The van der Waals surface area contributed by atoms with E-state index < -0.39 is 0 Å². The summed E-state index contributed by atoms with van der Waals surface area (Å²) in [5.41, 5.74) is 0. The average molecular weight is 276 g/mol. The third-order valence-electron chi connectivity index (χ3n) is 4.21. The predicted molar refractivity (Wildman–Crippen MR) is 90.1 cm³/mol. The first-order chi connectivity index (χ1) is 9.41. The van der Waals surface area contributed by atoms with Crippen molar-refractivity contribution in [2.45, 2.75) is 113 Å². The van der Waals surface area contributed by atoms with Crippen molar-refractivity contribution in [3.8, 4) is 0 Å². The molecule has 19 heavy (non-hydrogen) atoms. The molecule has 0 unspecified atom stereocenters. The molecule has 0 aliphatic rings. The van der Waals surface area contributed by atoms with Gasteiger partial charge in [0.25, 0.3) is 0 Å². The van der Waals surface area contributed by atoms with Crippen LogP contribution in [0.4, 0.5) is 0 Å². The van der Waals surface area contributed by atoms with E-state index in [0.717, 1.165) is 0 Å². The van der Waals surface area contributed by atoms with Crippen molar-refractivity contribution in [2.24, 2.45) is 0 Å². The van der Waals surface area contributed by atoms with Crippen molar-refractivity contribution < 1.29 is 0 Å². The topological polar surface area (TPSA) is 0 Å². The van der Waals surface area contributed by atoms with E-state index in [2.05, 4.69) is 6.92 Å². The molecule has 1 heteroatoms. The van der Waals surface area contributed by atoms with Crippen LogP contribution in [0.25, 0.3) is 0 Å². The molecule has 0 N–H and O–H groups in total. The molecule has 0 aliphatic carbocycles. The first kappa shape index (κ1) is 20.0. The molecule has 0 fully saturated rings. The number of unbranched alkanes of at least 4 members (excludes halogenated alkanes) is 15. The second-order valence-electron chi connectivity index (χ2n) is 6.30. The van der Waals surface area contributed by atoms with Crippen LogP contribution in [-0.4, -0.2) is 27.9 Å². The Balaban J connectivity index is 2.88. The normalized spacial score (nSPS) is 11.1. The Hall–Kier alpha value is 1.00. The van der Waals surface area contributed by atoms with E-state index in [0.29, 0.717) is 0 Å². The summed E-state index contributed by atoms with van der Waals surface area (Å²) in [4.78, 5) is 0. The van der Waals surface area contributed by atoms with E-state index >= 15 is 0 Å². The summed E-state index contributed by atoms with van der Waals surface area (Å²) in [7, 11) is 0. The summed E-state index contributed by atoms with van der Waals surface area (Å²) in [5, 5.41) is 0. The third-order valence-corrected chi connectivity index (χ3v) is 4.91. The van der Waals surface area contributed by atoms with Crippen LogP contribution < -0.4 is 0 Å². The first-order valence-electron chi connectivity index (χ1n) is 9.41. The van der Waals surface area contributed by atoms with Crippen molar-refractivity contribution in [3.63, 3.8) is 0 Å². The van der Waals surface area contributed by atoms with Crippen molar-refractivity contribution in [1.82, 2.24) is 0 Å². The van der Waals surface area contributed by atoms with Crippen molar-refractivity contribution >= 4 is 27.9 Å². The van der Waals surface area contributed by atoms with Gasteiger partial charge in [-0.3, -0.25) is 0 Å². The van der Waals surface area contributed by atoms with E-state index in [4.69, 9.17) is 0 Å². The zero-order valence-electron chi connectivity index (χ0n) is 14.0. The number of hydrogen-bond acceptors (Lipinski definition) is 0.